The maximum atomic E-state index is 13.0. The van der Waals surface area contributed by atoms with E-state index in [2.05, 4.69) is 25.5 Å². The summed E-state index contributed by atoms with van der Waals surface area (Å²) in [4.78, 5) is 34.6. The van der Waals surface area contributed by atoms with E-state index < -0.39 is 17.2 Å². The highest BCUT2D eigenvalue weighted by Gasteiger charge is 2.31. The average Bonchev–Trinajstić information content (AvgIpc) is 3.40. The second-order valence-electron chi connectivity index (χ2n) is 7.85. The summed E-state index contributed by atoms with van der Waals surface area (Å²) in [6.45, 7) is 0.150. The van der Waals surface area contributed by atoms with Crippen molar-refractivity contribution in [2.75, 3.05) is 6.54 Å². The summed E-state index contributed by atoms with van der Waals surface area (Å²) >= 11 is 12.8. The highest BCUT2D eigenvalue weighted by atomic mass is 35.5. The summed E-state index contributed by atoms with van der Waals surface area (Å²) in [7, 11) is 0. The summed E-state index contributed by atoms with van der Waals surface area (Å²) < 4.78 is 1.68. The highest BCUT2D eigenvalue weighted by Crippen LogP contribution is 2.26. The second-order valence-corrected chi connectivity index (χ2v) is 8.72. The topological polar surface area (TPSA) is 102 Å². The number of fused-ring (bicyclic) bond motifs is 1. The van der Waals surface area contributed by atoms with Gasteiger partial charge in [0.05, 0.1) is 33.2 Å². The Bertz CT molecular complexity index is 1410. The van der Waals surface area contributed by atoms with Gasteiger partial charge in [0, 0.05) is 12.2 Å². The van der Waals surface area contributed by atoms with Crippen LogP contribution in [0.2, 0.25) is 5.02 Å². The Labute approximate surface area is 210 Å². The molecule has 2 amide bonds. The Morgan fingerprint density at radius 2 is 1.86 bits per heavy atom. The van der Waals surface area contributed by atoms with Crippen molar-refractivity contribution in [2.45, 2.75) is 11.3 Å². The van der Waals surface area contributed by atoms with E-state index >= 15 is 0 Å². The molecule has 2 aliphatic rings. The fraction of sp³-hybridized carbons (Fsp3) is 0.120. The molecule has 35 heavy (non-hydrogen) atoms. The monoisotopic (exact) mass is 504 g/mol. The van der Waals surface area contributed by atoms with Crippen LogP contribution in [-0.2, 0) is 4.79 Å². The molecule has 5 rings (SSSR count). The summed E-state index contributed by atoms with van der Waals surface area (Å²) in [6.07, 6.45) is 8.21. The smallest absolute Gasteiger partial charge is 0.280 e. The third-order valence-electron chi connectivity index (χ3n) is 5.66. The molecule has 0 bridgehead atoms. The van der Waals surface area contributed by atoms with Gasteiger partial charge in [0.15, 0.2) is 0 Å². The van der Waals surface area contributed by atoms with Crippen molar-refractivity contribution in [3.63, 3.8) is 0 Å². The van der Waals surface area contributed by atoms with E-state index in [4.69, 9.17) is 23.2 Å². The average molecular weight is 505 g/mol. The number of alkyl halides is 1. The van der Waals surface area contributed by atoms with Crippen molar-refractivity contribution in [1.29, 1.82) is 0 Å². The Hall–Kier alpha value is -3.88. The van der Waals surface area contributed by atoms with Gasteiger partial charge in [-0.15, -0.1) is 21.8 Å². The molecule has 2 heterocycles. The van der Waals surface area contributed by atoms with Crippen molar-refractivity contribution in [3.8, 4) is 5.69 Å². The van der Waals surface area contributed by atoms with Crippen LogP contribution in [0.5, 0.6) is 0 Å². The largest absolute Gasteiger partial charge is 0.351 e. The summed E-state index contributed by atoms with van der Waals surface area (Å²) in [5.74, 6) is -0.940. The Kier molecular flexibility index (Phi) is 6.39. The van der Waals surface area contributed by atoms with Gasteiger partial charge < -0.3 is 5.32 Å². The molecule has 174 valence electrons. The lowest BCUT2D eigenvalue weighted by molar-refractivity contribution is -0.113. The quantitative estimate of drug-likeness (QED) is 0.514. The first-order chi connectivity index (χ1) is 17.0. The highest BCUT2D eigenvalue weighted by molar-refractivity contribution is 6.44. The van der Waals surface area contributed by atoms with Crippen LogP contribution in [0.3, 0.4) is 0 Å². The SMILES string of the molecule is O=C1N=C([C@@H](CNC(=O)c2ccc(-n3cnnc3)cc2Cl)c2ccccc2)N=C2C1=CC=CC2Cl. The Balaban J connectivity index is 1.40. The zero-order valence-electron chi connectivity index (χ0n) is 18.2. The van der Waals surface area contributed by atoms with Crippen LogP contribution in [0.15, 0.2) is 95.0 Å². The predicted octanol–water partition coefficient (Wildman–Crippen LogP) is 3.92. The number of aliphatic imine (C=N–C) groups is 2. The third-order valence-corrected chi connectivity index (χ3v) is 6.32. The molecule has 2 aromatic carbocycles. The molecule has 1 unspecified atom stereocenters. The lowest BCUT2D eigenvalue weighted by atomic mass is 9.94. The minimum atomic E-state index is -0.529. The van der Waals surface area contributed by atoms with Gasteiger partial charge in [-0.05, 0) is 29.8 Å². The van der Waals surface area contributed by atoms with Crippen LogP contribution in [0.1, 0.15) is 21.8 Å². The number of amidine groups is 1. The van der Waals surface area contributed by atoms with Gasteiger partial charge in [0.1, 0.15) is 18.5 Å². The van der Waals surface area contributed by atoms with Crippen LogP contribution >= 0.6 is 23.2 Å². The van der Waals surface area contributed by atoms with Gasteiger partial charge in [-0.1, -0.05) is 54.1 Å². The van der Waals surface area contributed by atoms with E-state index in [1.807, 2.05) is 30.3 Å². The molecule has 0 fully saturated rings. The van der Waals surface area contributed by atoms with E-state index in [0.717, 1.165) is 11.3 Å². The number of nitrogens with one attached hydrogen (secondary N) is 1. The fourth-order valence-electron chi connectivity index (χ4n) is 3.86. The van der Waals surface area contributed by atoms with Crippen molar-refractivity contribution in [1.82, 2.24) is 20.1 Å². The second kappa shape index (κ2) is 9.77. The van der Waals surface area contributed by atoms with Crippen molar-refractivity contribution in [3.05, 3.63) is 101 Å². The number of carbonyl (C=O) groups excluding carboxylic acids is 2. The standard InChI is InChI=1S/C25H18Cl2N6O2/c26-20-8-4-7-18-22(20)31-23(32-25(18)35)19(15-5-2-1-3-6-15)12-28-24(34)17-10-9-16(11-21(17)27)33-13-29-30-14-33/h1-11,13-14,19-20H,12H2,(H,28,34)/t19-,20?/m0/s1. The summed E-state index contributed by atoms with van der Waals surface area (Å²) in [6, 6.07) is 14.5. The lowest BCUT2D eigenvalue weighted by Gasteiger charge is -2.24. The van der Waals surface area contributed by atoms with E-state index in [1.54, 1.807) is 41.0 Å². The van der Waals surface area contributed by atoms with Crippen molar-refractivity contribution in [2.24, 2.45) is 9.98 Å². The molecule has 1 N–H and O–H groups in total. The van der Waals surface area contributed by atoms with Crippen LogP contribution in [-0.4, -0.2) is 50.0 Å². The van der Waals surface area contributed by atoms with E-state index in [-0.39, 0.29) is 17.5 Å². The normalized spacial score (nSPS) is 17.7. The molecule has 0 spiro atoms. The number of nitrogens with zero attached hydrogens (tertiary/aromatic N) is 5. The molecular weight excluding hydrogens is 487 g/mol. The molecule has 1 aromatic heterocycles. The van der Waals surface area contributed by atoms with Gasteiger partial charge in [0.25, 0.3) is 11.8 Å². The lowest BCUT2D eigenvalue weighted by Crippen LogP contribution is -2.35. The van der Waals surface area contributed by atoms with Crippen molar-refractivity contribution >= 4 is 46.6 Å². The van der Waals surface area contributed by atoms with E-state index in [0.29, 0.717) is 22.7 Å². The Morgan fingerprint density at radius 1 is 1.09 bits per heavy atom. The van der Waals surface area contributed by atoms with Gasteiger partial charge in [0.2, 0.25) is 0 Å². The van der Waals surface area contributed by atoms with Crippen LogP contribution in [0, 0.1) is 0 Å². The molecule has 1 aliphatic heterocycles. The van der Waals surface area contributed by atoms with Gasteiger partial charge in [-0.3, -0.25) is 14.2 Å². The van der Waals surface area contributed by atoms with Crippen LogP contribution in [0.4, 0.5) is 0 Å². The zero-order chi connectivity index (χ0) is 24.4. The number of halogens is 2. The molecule has 0 saturated heterocycles. The van der Waals surface area contributed by atoms with E-state index in [9.17, 15) is 9.59 Å². The molecule has 1 aliphatic carbocycles. The van der Waals surface area contributed by atoms with Crippen LogP contribution in [0.25, 0.3) is 5.69 Å². The number of allylic oxidation sites excluding steroid dienone is 3. The summed E-state index contributed by atoms with van der Waals surface area (Å²) in [5.41, 5.74) is 2.73. The fourth-order valence-corrected chi connectivity index (χ4v) is 4.37. The van der Waals surface area contributed by atoms with E-state index in [1.165, 1.54) is 12.7 Å². The molecule has 0 saturated carbocycles. The van der Waals surface area contributed by atoms with Crippen molar-refractivity contribution < 1.29 is 9.59 Å². The minimum absolute atomic E-state index is 0.150. The molecular formula is C25H18Cl2N6O2. The first kappa shape index (κ1) is 22.9. The van der Waals surface area contributed by atoms with Gasteiger partial charge in [-0.2, -0.15) is 4.99 Å². The summed E-state index contributed by atoms with van der Waals surface area (Å²) in [5, 5.41) is 10.2. The molecule has 0 radical (unpaired) electrons. The maximum Gasteiger partial charge on any atom is 0.280 e. The molecule has 8 nitrogen and oxygen atoms in total. The number of aromatic nitrogens is 3. The van der Waals surface area contributed by atoms with Gasteiger partial charge >= 0.3 is 0 Å². The molecule has 3 aromatic rings. The number of carbonyl (C=O) groups is 2. The molecule has 2 atom stereocenters. The number of benzene rings is 2. The third kappa shape index (κ3) is 4.71. The maximum absolute atomic E-state index is 13.0. The molecule has 10 heteroatoms. The predicted molar refractivity (Wildman–Crippen MR) is 135 cm³/mol. The Morgan fingerprint density at radius 3 is 2.60 bits per heavy atom. The van der Waals surface area contributed by atoms with Crippen LogP contribution < -0.4 is 5.32 Å². The number of hydrogen-bond donors (Lipinski definition) is 1. The first-order valence-corrected chi connectivity index (χ1v) is 11.5. The first-order valence-electron chi connectivity index (χ1n) is 10.7. The number of hydrogen-bond acceptors (Lipinski definition) is 5. The number of amides is 2. The zero-order valence-corrected chi connectivity index (χ0v) is 19.7. The van der Waals surface area contributed by atoms with Gasteiger partial charge in [-0.25, -0.2) is 4.99 Å². The number of rotatable bonds is 6. The minimum Gasteiger partial charge on any atom is -0.351 e.